The third-order valence-corrected chi connectivity index (χ3v) is 5.69. The van der Waals surface area contributed by atoms with Crippen LogP contribution in [0.1, 0.15) is 43.2 Å². The SMILES string of the molecule is N=C(N)c1ccc(OCCCCCOc2ccc(C(=N)N)cc2)cc1.NC(CCC(=O)O)C(=O)O.O=S(=O)(O)CCO. The summed E-state index contributed by atoms with van der Waals surface area (Å²) in [6, 6.07) is 13.4. The molecule has 2 rings (SSSR count). The normalized spacial score (nSPS) is 11.0. The standard InChI is InChI=1S/C19H24N4O2.C5H9NO4.C2H6O4S/c20-18(21)14-4-8-16(9-5-14)24-12-2-1-3-13-25-17-10-6-15(7-11-17)19(22)23;6-3(5(9)10)1-2-4(7)8;3-1-2-7(4,5)6/h4-11H,1-3,12-13H2,(H3,20,21)(H3,22,23);3H,1-2,6H2,(H,7,8)(H,9,10);3H,1-2H2,(H,4,5,6). The van der Waals surface area contributed by atoms with Crippen LogP contribution < -0.4 is 26.7 Å². The number of unbranched alkanes of at least 4 members (excludes halogenated alkanes) is 2. The average molecular weight is 614 g/mol. The molecule has 15 nitrogen and oxygen atoms in total. The molecule has 0 aromatic heterocycles. The van der Waals surface area contributed by atoms with Gasteiger partial charge in [0.25, 0.3) is 10.1 Å². The van der Waals surface area contributed by atoms with Crippen molar-refractivity contribution in [3.05, 3.63) is 59.7 Å². The van der Waals surface area contributed by atoms with Crippen LogP contribution in [0.5, 0.6) is 11.5 Å². The zero-order chi connectivity index (χ0) is 32.1. The van der Waals surface area contributed by atoms with Gasteiger partial charge in [-0.3, -0.25) is 25.0 Å². The molecule has 0 bridgehead atoms. The maximum atomic E-state index is 9.99. The third-order valence-electron chi connectivity index (χ3n) is 4.99. The number of benzene rings is 2. The molecule has 0 amide bonds. The molecule has 0 fully saturated rings. The molecular formula is C26H39N5O10S. The van der Waals surface area contributed by atoms with Crippen molar-refractivity contribution < 1.29 is 47.4 Å². The Labute approximate surface area is 244 Å². The Bertz CT molecular complexity index is 1160. The highest BCUT2D eigenvalue weighted by molar-refractivity contribution is 7.85. The number of aliphatic hydroxyl groups is 1. The lowest BCUT2D eigenvalue weighted by Gasteiger charge is -2.08. The molecule has 0 saturated heterocycles. The van der Waals surface area contributed by atoms with E-state index in [9.17, 15) is 18.0 Å². The van der Waals surface area contributed by atoms with E-state index >= 15 is 0 Å². The fourth-order valence-electron chi connectivity index (χ4n) is 2.74. The van der Waals surface area contributed by atoms with Crippen molar-refractivity contribution in [3.63, 3.8) is 0 Å². The number of aliphatic carboxylic acids is 2. The van der Waals surface area contributed by atoms with Crippen LogP contribution in [0.4, 0.5) is 0 Å². The molecule has 16 heteroatoms. The largest absolute Gasteiger partial charge is 0.494 e. The monoisotopic (exact) mass is 613 g/mol. The molecule has 234 valence electrons. The van der Waals surface area contributed by atoms with Gasteiger partial charge in [-0.15, -0.1) is 0 Å². The van der Waals surface area contributed by atoms with Crippen molar-refractivity contribution in [3.8, 4) is 11.5 Å². The van der Waals surface area contributed by atoms with Gasteiger partial charge in [0.15, 0.2) is 0 Å². The minimum Gasteiger partial charge on any atom is -0.494 e. The van der Waals surface area contributed by atoms with E-state index in [1.165, 1.54) is 0 Å². The van der Waals surface area contributed by atoms with E-state index in [-0.39, 0.29) is 24.5 Å². The molecule has 0 radical (unpaired) electrons. The lowest BCUT2D eigenvalue weighted by molar-refractivity contribution is -0.139. The van der Waals surface area contributed by atoms with Gasteiger partial charge in [0, 0.05) is 17.5 Å². The molecule has 0 heterocycles. The number of rotatable bonds is 16. The summed E-state index contributed by atoms with van der Waals surface area (Å²) in [6.07, 6.45) is 2.68. The van der Waals surface area contributed by atoms with Crippen molar-refractivity contribution in [1.29, 1.82) is 10.8 Å². The predicted octanol–water partition coefficient (Wildman–Crippen LogP) is 1.01. The maximum absolute atomic E-state index is 9.99. The number of ether oxygens (including phenoxy) is 2. The molecule has 2 aromatic carbocycles. The fourth-order valence-corrected chi connectivity index (χ4v) is 2.97. The van der Waals surface area contributed by atoms with Gasteiger partial charge in [-0.05, 0) is 74.2 Å². The minimum atomic E-state index is -3.92. The number of nitrogens with one attached hydrogen (secondary N) is 2. The van der Waals surface area contributed by atoms with Crippen LogP contribution in [0.15, 0.2) is 48.5 Å². The van der Waals surface area contributed by atoms with Crippen molar-refractivity contribution >= 4 is 33.7 Å². The Morgan fingerprint density at radius 1 is 0.810 bits per heavy atom. The maximum Gasteiger partial charge on any atom is 0.320 e. The highest BCUT2D eigenvalue weighted by Gasteiger charge is 2.12. The van der Waals surface area contributed by atoms with Crippen LogP contribution in [-0.2, 0) is 19.7 Å². The number of nitrogens with two attached hydrogens (primary N) is 3. The highest BCUT2D eigenvalue weighted by Crippen LogP contribution is 2.14. The first-order valence-corrected chi connectivity index (χ1v) is 14.2. The molecule has 12 N–H and O–H groups in total. The van der Waals surface area contributed by atoms with E-state index in [1.807, 2.05) is 24.3 Å². The van der Waals surface area contributed by atoms with Gasteiger partial charge in [0.2, 0.25) is 0 Å². The Morgan fingerprint density at radius 3 is 1.48 bits per heavy atom. The fraction of sp³-hybridized carbons (Fsp3) is 0.385. The van der Waals surface area contributed by atoms with E-state index in [4.69, 9.17) is 57.4 Å². The topological polar surface area (TPSA) is 293 Å². The first kappa shape index (κ1) is 37.8. The second-order valence-corrected chi connectivity index (χ2v) is 10.1. The quantitative estimate of drug-likeness (QED) is 0.0553. The van der Waals surface area contributed by atoms with Crippen molar-refractivity contribution in [2.24, 2.45) is 17.2 Å². The molecule has 0 spiro atoms. The predicted molar refractivity (Wildman–Crippen MR) is 156 cm³/mol. The summed E-state index contributed by atoms with van der Waals surface area (Å²) < 4.78 is 38.4. The number of hydrogen-bond acceptors (Lipinski definition) is 10. The summed E-state index contributed by atoms with van der Waals surface area (Å²) in [7, 11) is -3.92. The molecule has 0 aliphatic carbocycles. The summed E-state index contributed by atoms with van der Waals surface area (Å²) in [5, 5.41) is 38.8. The number of hydrogen-bond donors (Lipinski definition) is 9. The van der Waals surface area contributed by atoms with Gasteiger partial charge in [-0.1, -0.05) is 0 Å². The van der Waals surface area contributed by atoms with Gasteiger partial charge in [-0.25, -0.2) is 0 Å². The number of carbonyl (C=O) groups is 2. The van der Waals surface area contributed by atoms with E-state index in [1.54, 1.807) is 24.3 Å². The van der Waals surface area contributed by atoms with Crippen LogP contribution >= 0.6 is 0 Å². The Morgan fingerprint density at radius 2 is 1.21 bits per heavy atom. The Hall–Kier alpha value is -4.25. The lowest BCUT2D eigenvalue weighted by Crippen LogP contribution is -2.30. The molecule has 1 unspecified atom stereocenters. The van der Waals surface area contributed by atoms with Gasteiger partial charge >= 0.3 is 11.9 Å². The molecular weight excluding hydrogens is 574 g/mol. The van der Waals surface area contributed by atoms with Crippen LogP contribution in [-0.4, -0.2) is 83.5 Å². The molecule has 1 atom stereocenters. The summed E-state index contributed by atoms with van der Waals surface area (Å²) in [5.74, 6) is -1.09. The first-order chi connectivity index (χ1) is 19.7. The second kappa shape index (κ2) is 20.6. The molecule has 0 aliphatic rings. The lowest BCUT2D eigenvalue weighted by atomic mass is 10.2. The van der Waals surface area contributed by atoms with Crippen LogP contribution in [0.3, 0.4) is 0 Å². The van der Waals surface area contributed by atoms with Crippen LogP contribution in [0, 0.1) is 10.8 Å². The second-order valence-electron chi connectivity index (χ2n) is 8.52. The third kappa shape index (κ3) is 19.8. The van der Waals surface area contributed by atoms with Gasteiger partial charge < -0.3 is 42.0 Å². The summed E-state index contributed by atoms with van der Waals surface area (Å²) in [6.45, 7) is 0.762. The zero-order valence-electron chi connectivity index (χ0n) is 22.9. The molecule has 0 aliphatic heterocycles. The number of aliphatic hydroxyl groups excluding tert-OH is 1. The minimum absolute atomic E-state index is 0.0231. The Balaban J connectivity index is 0.000000813. The van der Waals surface area contributed by atoms with E-state index in [0.29, 0.717) is 24.3 Å². The van der Waals surface area contributed by atoms with Crippen molar-refractivity contribution in [2.45, 2.75) is 38.1 Å². The van der Waals surface area contributed by atoms with Crippen molar-refractivity contribution in [1.82, 2.24) is 0 Å². The van der Waals surface area contributed by atoms with E-state index < -0.39 is 40.5 Å². The van der Waals surface area contributed by atoms with E-state index in [2.05, 4.69) is 0 Å². The zero-order valence-corrected chi connectivity index (χ0v) is 23.8. The van der Waals surface area contributed by atoms with Crippen molar-refractivity contribution in [2.75, 3.05) is 25.6 Å². The number of carboxylic acid groups (broad SMARTS) is 2. The molecule has 2 aromatic rings. The van der Waals surface area contributed by atoms with Gasteiger partial charge in [0.05, 0.1) is 25.6 Å². The average Bonchev–Trinajstić information content (AvgIpc) is 2.91. The van der Waals surface area contributed by atoms with Crippen LogP contribution in [0.2, 0.25) is 0 Å². The van der Waals surface area contributed by atoms with E-state index in [0.717, 1.165) is 30.8 Å². The number of amidine groups is 2. The summed E-state index contributed by atoms with van der Waals surface area (Å²) in [4.78, 5) is 19.9. The summed E-state index contributed by atoms with van der Waals surface area (Å²) >= 11 is 0. The summed E-state index contributed by atoms with van der Waals surface area (Å²) in [5.41, 5.74) is 17.2. The smallest absolute Gasteiger partial charge is 0.320 e. The molecule has 0 saturated carbocycles. The first-order valence-electron chi connectivity index (χ1n) is 12.6. The molecule has 42 heavy (non-hydrogen) atoms. The van der Waals surface area contributed by atoms with Gasteiger partial charge in [0.1, 0.15) is 29.2 Å². The van der Waals surface area contributed by atoms with Crippen LogP contribution in [0.25, 0.3) is 0 Å². The number of nitrogen functional groups attached to an aromatic ring is 2. The highest BCUT2D eigenvalue weighted by atomic mass is 32.2. The number of carboxylic acids is 2. The van der Waals surface area contributed by atoms with Gasteiger partial charge in [-0.2, -0.15) is 8.42 Å². The Kier molecular flexibility index (Phi) is 18.5.